The van der Waals surface area contributed by atoms with Crippen molar-refractivity contribution in [1.82, 2.24) is 5.32 Å². The monoisotopic (exact) mass is 268 g/mol. The van der Waals surface area contributed by atoms with Gasteiger partial charge in [-0.15, -0.1) is 10.1 Å². The molecule has 1 aromatic rings. The van der Waals surface area contributed by atoms with Crippen LogP contribution >= 0.6 is 0 Å². The fourth-order valence-corrected chi connectivity index (χ4v) is 1.51. The van der Waals surface area contributed by atoms with Gasteiger partial charge in [0.05, 0.1) is 0 Å². The molecule has 106 valence electrons. The smallest absolute Gasteiger partial charge is 0.294 e. The van der Waals surface area contributed by atoms with E-state index in [9.17, 15) is 10.1 Å². The molecule has 0 saturated heterocycles. The molecule has 0 aliphatic carbocycles. The first-order valence-electron chi connectivity index (χ1n) is 6.21. The van der Waals surface area contributed by atoms with Crippen LogP contribution in [0.3, 0.4) is 0 Å². The van der Waals surface area contributed by atoms with Crippen LogP contribution in [0, 0.1) is 17.0 Å². The molecular weight excluding hydrogens is 248 g/mol. The molecule has 0 aromatic heterocycles. The number of hydrogen-bond donors (Lipinski definition) is 1. The summed E-state index contributed by atoms with van der Waals surface area (Å²) in [5.41, 5.74) is 1.07. The molecule has 1 rings (SSSR count). The van der Waals surface area contributed by atoms with Crippen molar-refractivity contribution in [3.05, 3.63) is 39.9 Å². The van der Waals surface area contributed by atoms with Gasteiger partial charge in [0.25, 0.3) is 5.09 Å². The van der Waals surface area contributed by atoms with Crippen molar-refractivity contribution in [3.8, 4) is 5.75 Å². The third-order valence-electron chi connectivity index (χ3n) is 2.41. The molecule has 0 radical (unpaired) electrons. The Labute approximate surface area is 112 Å². The first kappa shape index (κ1) is 15.2. The maximum Gasteiger partial charge on any atom is 0.294 e. The molecule has 6 nitrogen and oxygen atoms in total. The Morgan fingerprint density at radius 2 is 2.16 bits per heavy atom. The summed E-state index contributed by atoms with van der Waals surface area (Å²) >= 11 is 0. The quantitative estimate of drug-likeness (QED) is 0.576. The predicted octanol–water partition coefficient (Wildman–Crippen LogP) is 1.95. The van der Waals surface area contributed by atoms with Gasteiger partial charge in [0.15, 0.2) is 6.10 Å². The summed E-state index contributed by atoms with van der Waals surface area (Å²) in [4.78, 5) is 15.0. The van der Waals surface area contributed by atoms with E-state index in [1.807, 2.05) is 45.0 Å². The first-order valence-corrected chi connectivity index (χ1v) is 6.21. The molecule has 1 aromatic carbocycles. The molecule has 0 bridgehead atoms. The third kappa shape index (κ3) is 6.61. The lowest BCUT2D eigenvalue weighted by Gasteiger charge is -2.18. The van der Waals surface area contributed by atoms with Gasteiger partial charge in [-0.25, -0.2) is 0 Å². The molecule has 0 heterocycles. The van der Waals surface area contributed by atoms with Gasteiger partial charge < -0.3 is 14.9 Å². The average Bonchev–Trinajstić information content (AvgIpc) is 2.32. The van der Waals surface area contributed by atoms with E-state index < -0.39 is 11.2 Å². The second-order valence-corrected chi connectivity index (χ2v) is 4.64. The van der Waals surface area contributed by atoms with Gasteiger partial charge in [-0.05, 0) is 24.6 Å². The van der Waals surface area contributed by atoms with Crippen LogP contribution in [-0.2, 0) is 4.84 Å². The topological polar surface area (TPSA) is 73.6 Å². The Hall–Kier alpha value is -1.82. The largest absolute Gasteiger partial charge is 0.491 e. The summed E-state index contributed by atoms with van der Waals surface area (Å²) in [6.45, 7) is 6.38. The highest BCUT2D eigenvalue weighted by Crippen LogP contribution is 2.12. The zero-order valence-corrected chi connectivity index (χ0v) is 11.5. The molecule has 0 saturated carbocycles. The minimum Gasteiger partial charge on any atom is -0.491 e. The number of rotatable bonds is 8. The predicted molar refractivity (Wildman–Crippen MR) is 71.7 cm³/mol. The maximum atomic E-state index is 10.4. The second kappa shape index (κ2) is 7.58. The average molecular weight is 268 g/mol. The highest BCUT2D eigenvalue weighted by molar-refractivity contribution is 5.27. The van der Waals surface area contributed by atoms with E-state index in [0.29, 0.717) is 12.3 Å². The molecule has 1 atom stereocenters. The molecule has 0 fully saturated rings. The second-order valence-electron chi connectivity index (χ2n) is 4.64. The fraction of sp³-hybridized carbons (Fsp3) is 0.538. The number of nitrogens with zero attached hydrogens (tertiary/aromatic N) is 1. The molecule has 0 aliphatic heterocycles. The van der Waals surface area contributed by atoms with Crippen molar-refractivity contribution in [2.45, 2.75) is 32.9 Å². The van der Waals surface area contributed by atoms with Gasteiger partial charge >= 0.3 is 0 Å². The lowest BCUT2D eigenvalue weighted by atomic mass is 10.2. The molecule has 6 heteroatoms. The highest BCUT2D eigenvalue weighted by Gasteiger charge is 2.14. The van der Waals surface area contributed by atoms with E-state index >= 15 is 0 Å². The standard InChI is InChI=1S/C13H20N2O4/c1-10(2)14-8-13(19-15(16)17)9-18-12-6-4-5-11(3)7-12/h4-7,10,13-14H,8-9H2,1-3H3. The van der Waals surface area contributed by atoms with Crippen LogP contribution in [0.15, 0.2) is 24.3 Å². The van der Waals surface area contributed by atoms with E-state index in [1.54, 1.807) is 0 Å². The van der Waals surface area contributed by atoms with E-state index in [-0.39, 0.29) is 12.6 Å². The van der Waals surface area contributed by atoms with E-state index in [4.69, 9.17) is 4.74 Å². The van der Waals surface area contributed by atoms with Crippen LogP contribution in [-0.4, -0.2) is 30.4 Å². The summed E-state index contributed by atoms with van der Waals surface area (Å²) in [5, 5.41) is 12.7. The minimum atomic E-state index is -0.785. The van der Waals surface area contributed by atoms with Gasteiger partial charge in [-0.1, -0.05) is 26.0 Å². The van der Waals surface area contributed by atoms with Gasteiger partial charge in [0, 0.05) is 12.6 Å². The zero-order valence-electron chi connectivity index (χ0n) is 11.5. The molecule has 0 amide bonds. The van der Waals surface area contributed by atoms with Gasteiger partial charge in [-0.3, -0.25) is 0 Å². The van der Waals surface area contributed by atoms with Crippen LogP contribution in [0.25, 0.3) is 0 Å². The van der Waals surface area contributed by atoms with Crippen LogP contribution < -0.4 is 10.1 Å². The summed E-state index contributed by atoms with van der Waals surface area (Å²) in [6, 6.07) is 7.75. The number of hydrogen-bond acceptors (Lipinski definition) is 5. The van der Waals surface area contributed by atoms with E-state index in [1.165, 1.54) is 0 Å². The molecular formula is C13H20N2O4. The lowest BCUT2D eigenvalue weighted by Crippen LogP contribution is -2.38. The summed E-state index contributed by atoms with van der Waals surface area (Å²) in [6.07, 6.45) is -0.627. The van der Waals surface area contributed by atoms with Gasteiger partial charge in [-0.2, -0.15) is 0 Å². The van der Waals surface area contributed by atoms with Crippen molar-refractivity contribution >= 4 is 0 Å². The van der Waals surface area contributed by atoms with Crippen molar-refractivity contribution < 1.29 is 14.7 Å². The number of ether oxygens (including phenoxy) is 1. The zero-order chi connectivity index (χ0) is 14.3. The van der Waals surface area contributed by atoms with E-state index in [2.05, 4.69) is 10.2 Å². The Kier molecular flexibility index (Phi) is 6.08. The van der Waals surface area contributed by atoms with Crippen LogP contribution in [0.1, 0.15) is 19.4 Å². The normalized spacial score (nSPS) is 12.2. The number of aryl methyl sites for hydroxylation is 1. The minimum absolute atomic E-state index is 0.129. The van der Waals surface area contributed by atoms with Crippen molar-refractivity contribution in [3.63, 3.8) is 0 Å². The number of benzene rings is 1. The molecule has 1 N–H and O–H groups in total. The Bertz CT molecular complexity index is 409. The van der Waals surface area contributed by atoms with Gasteiger partial charge in [0.2, 0.25) is 0 Å². The van der Waals surface area contributed by atoms with Crippen LogP contribution in [0.4, 0.5) is 0 Å². The molecule has 0 spiro atoms. The summed E-state index contributed by atoms with van der Waals surface area (Å²) in [5.74, 6) is 0.682. The number of nitrogens with one attached hydrogen (secondary N) is 1. The summed E-state index contributed by atoms with van der Waals surface area (Å²) in [7, 11) is 0. The third-order valence-corrected chi connectivity index (χ3v) is 2.41. The SMILES string of the molecule is Cc1cccc(OCC(CNC(C)C)O[N+](=O)[O-])c1. The van der Waals surface area contributed by atoms with Crippen molar-refractivity contribution in [2.24, 2.45) is 0 Å². The molecule has 19 heavy (non-hydrogen) atoms. The van der Waals surface area contributed by atoms with Crippen molar-refractivity contribution in [1.29, 1.82) is 0 Å². The van der Waals surface area contributed by atoms with Gasteiger partial charge in [0.1, 0.15) is 12.4 Å². The maximum absolute atomic E-state index is 10.4. The van der Waals surface area contributed by atoms with Crippen LogP contribution in [0.2, 0.25) is 0 Å². The Morgan fingerprint density at radius 3 is 2.74 bits per heavy atom. The molecule has 0 aliphatic rings. The first-order chi connectivity index (χ1) is 8.97. The van der Waals surface area contributed by atoms with Crippen LogP contribution in [0.5, 0.6) is 5.75 Å². The highest BCUT2D eigenvalue weighted by atomic mass is 17.0. The Morgan fingerprint density at radius 1 is 1.42 bits per heavy atom. The van der Waals surface area contributed by atoms with Crippen molar-refractivity contribution in [2.75, 3.05) is 13.2 Å². The Balaban J connectivity index is 2.49. The summed E-state index contributed by atoms with van der Waals surface area (Å²) < 4.78 is 5.51. The van der Waals surface area contributed by atoms with E-state index in [0.717, 1.165) is 5.56 Å². The lowest BCUT2D eigenvalue weighted by molar-refractivity contribution is -0.768. The molecule has 1 unspecified atom stereocenters. The fourth-order valence-electron chi connectivity index (χ4n) is 1.51.